The molecule has 28 heavy (non-hydrogen) atoms. The molecular weight excluding hydrogens is 360 g/mol. The van der Waals surface area contributed by atoms with Crippen molar-refractivity contribution < 1.29 is 30.0 Å². The van der Waals surface area contributed by atoms with E-state index in [1.54, 1.807) is 42.5 Å². The molecule has 0 heterocycles. The van der Waals surface area contributed by atoms with E-state index in [1.807, 2.05) is 24.3 Å². The van der Waals surface area contributed by atoms with E-state index in [0.717, 1.165) is 0 Å². The van der Waals surface area contributed by atoms with Gasteiger partial charge >= 0.3 is 5.97 Å². The van der Waals surface area contributed by atoms with Crippen LogP contribution in [0, 0.1) is 11.8 Å². The quantitative estimate of drug-likeness (QED) is 0.362. The number of para-hydroxylation sites is 1. The first kappa shape index (κ1) is 21.9. The molecule has 0 amide bonds. The van der Waals surface area contributed by atoms with Gasteiger partial charge in [-0.05, 0) is 24.5 Å². The van der Waals surface area contributed by atoms with E-state index < -0.39 is 24.3 Å². The summed E-state index contributed by atoms with van der Waals surface area (Å²) in [4.78, 5) is 10.4. The van der Waals surface area contributed by atoms with Crippen LogP contribution in [0.1, 0.15) is 19.3 Å². The standard InChI is InChI=1S/C22H28O6/c23-16(15-28-17-8-4-3-5-9-17)12-13-19-18(20(24)14-21(19)25)10-6-1-2-7-11-22(26)27/h1-9,12-13,16,18-21,23-25H,10-11,14-15H2,(H,26,27)/b6-1-,7-2+,13-12+/t16-,18-,19-,20+,21-/m1/s1. The van der Waals surface area contributed by atoms with E-state index in [1.165, 1.54) is 0 Å². The maximum Gasteiger partial charge on any atom is 0.307 e. The van der Waals surface area contributed by atoms with Gasteiger partial charge in [-0.15, -0.1) is 0 Å². The Kier molecular flexibility index (Phi) is 8.94. The van der Waals surface area contributed by atoms with Crippen LogP contribution in [0.3, 0.4) is 0 Å². The Morgan fingerprint density at radius 2 is 1.86 bits per heavy atom. The van der Waals surface area contributed by atoms with Crippen LogP contribution in [-0.4, -0.2) is 51.3 Å². The van der Waals surface area contributed by atoms with Gasteiger partial charge in [-0.3, -0.25) is 4.79 Å². The second-order valence-electron chi connectivity index (χ2n) is 6.88. The predicted octanol–water partition coefficient (Wildman–Crippen LogP) is 2.32. The zero-order valence-corrected chi connectivity index (χ0v) is 15.7. The second kappa shape index (κ2) is 11.4. The van der Waals surface area contributed by atoms with Gasteiger partial charge in [0.1, 0.15) is 18.5 Å². The number of ether oxygens (including phenoxy) is 1. The van der Waals surface area contributed by atoms with Gasteiger partial charge in [0.2, 0.25) is 0 Å². The molecule has 152 valence electrons. The van der Waals surface area contributed by atoms with Crippen LogP contribution in [0.25, 0.3) is 0 Å². The number of allylic oxidation sites excluding steroid dienone is 3. The number of hydrogen-bond acceptors (Lipinski definition) is 5. The van der Waals surface area contributed by atoms with Gasteiger partial charge in [-0.1, -0.05) is 54.7 Å². The number of carboxylic acid groups (broad SMARTS) is 1. The molecule has 1 aliphatic rings. The average Bonchev–Trinajstić information content (AvgIpc) is 2.94. The summed E-state index contributed by atoms with van der Waals surface area (Å²) in [5, 5.41) is 39.1. The molecule has 2 rings (SSSR count). The molecule has 0 aliphatic heterocycles. The van der Waals surface area contributed by atoms with E-state index in [9.17, 15) is 20.1 Å². The van der Waals surface area contributed by atoms with Gasteiger partial charge in [-0.25, -0.2) is 0 Å². The van der Waals surface area contributed by atoms with Crippen LogP contribution in [0.15, 0.2) is 66.8 Å². The summed E-state index contributed by atoms with van der Waals surface area (Å²) in [5.41, 5.74) is 0. The molecule has 0 radical (unpaired) electrons. The van der Waals surface area contributed by atoms with Crippen molar-refractivity contribution >= 4 is 5.97 Å². The Labute approximate surface area is 165 Å². The van der Waals surface area contributed by atoms with Crippen LogP contribution in [0.5, 0.6) is 5.75 Å². The number of aliphatic hydroxyl groups excluding tert-OH is 3. The lowest BCUT2D eigenvalue weighted by molar-refractivity contribution is -0.136. The maximum absolute atomic E-state index is 10.4. The lowest BCUT2D eigenvalue weighted by Gasteiger charge is -2.19. The molecule has 0 saturated heterocycles. The molecule has 0 aromatic heterocycles. The van der Waals surface area contributed by atoms with E-state index in [0.29, 0.717) is 18.6 Å². The summed E-state index contributed by atoms with van der Waals surface area (Å²) in [6.45, 7) is 0.102. The predicted molar refractivity (Wildman–Crippen MR) is 106 cm³/mol. The smallest absolute Gasteiger partial charge is 0.307 e. The van der Waals surface area contributed by atoms with Gasteiger partial charge in [0.25, 0.3) is 0 Å². The average molecular weight is 388 g/mol. The Morgan fingerprint density at radius 3 is 2.57 bits per heavy atom. The SMILES string of the molecule is O=C(O)C/C=C/C=C\C[C@@H]1[C@@H](/C=C/[C@@H](O)COc2ccccc2)[C@H](O)C[C@@H]1O. The third-order valence-corrected chi connectivity index (χ3v) is 4.72. The number of rotatable bonds is 10. The third kappa shape index (κ3) is 7.31. The maximum atomic E-state index is 10.4. The molecule has 6 heteroatoms. The van der Waals surface area contributed by atoms with E-state index in [-0.39, 0.29) is 24.9 Å². The highest BCUT2D eigenvalue weighted by molar-refractivity contribution is 5.68. The first-order chi connectivity index (χ1) is 13.5. The Hall–Kier alpha value is -2.41. The molecule has 6 nitrogen and oxygen atoms in total. The molecule has 0 bridgehead atoms. The number of carboxylic acids is 1. The van der Waals surface area contributed by atoms with Crippen molar-refractivity contribution in [1.29, 1.82) is 0 Å². The van der Waals surface area contributed by atoms with Crippen molar-refractivity contribution in [3.05, 3.63) is 66.8 Å². The van der Waals surface area contributed by atoms with Crippen LogP contribution < -0.4 is 4.74 Å². The van der Waals surface area contributed by atoms with Crippen LogP contribution in [-0.2, 0) is 4.79 Å². The fourth-order valence-corrected chi connectivity index (χ4v) is 3.28. The lowest BCUT2D eigenvalue weighted by atomic mass is 9.90. The Bertz CT molecular complexity index is 682. The van der Waals surface area contributed by atoms with Gasteiger partial charge in [0, 0.05) is 12.3 Å². The van der Waals surface area contributed by atoms with Gasteiger partial charge in [0.05, 0.1) is 18.6 Å². The topological polar surface area (TPSA) is 107 Å². The first-order valence-corrected chi connectivity index (χ1v) is 9.41. The van der Waals surface area contributed by atoms with Crippen LogP contribution >= 0.6 is 0 Å². The summed E-state index contributed by atoms with van der Waals surface area (Å²) >= 11 is 0. The minimum Gasteiger partial charge on any atom is -0.491 e. The van der Waals surface area contributed by atoms with Crippen molar-refractivity contribution in [2.24, 2.45) is 11.8 Å². The normalized spacial score (nSPS) is 26.4. The van der Waals surface area contributed by atoms with Crippen LogP contribution in [0.4, 0.5) is 0 Å². The summed E-state index contributed by atoms with van der Waals surface area (Å²) in [6, 6.07) is 9.19. The van der Waals surface area contributed by atoms with Gasteiger partial charge < -0.3 is 25.2 Å². The second-order valence-corrected chi connectivity index (χ2v) is 6.88. The van der Waals surface area contributed by atoms with Crippen molar-refractivity contribution in [2.45, 2.75) is 37.6 Å². The van der Waals surface area contributed by atoms with Gasteiger partial charge in [0.15, 0.2) is 0 Å². The highest BCUT2D eigenvalue weighted by atomic mass is 16.5. The molecule has 1 saturated carbocycles. The van der Waals surface area contributed by atoms with Crippen molar-refractivity contribution in [3.8, 4) is 5.75 Å². The Balaban J connectivity index is 1.86. The molecule has 0 spiro atoms. The summed E-state index contributed by atoms with van der Waals surface area (Å²) in [6.07, 6.45) is 8.80. The Morgan fingerprint density at radius 1 is 1.14 bits per heavy atom. The molecule has 1 aromatic carbocycles. The lowest BCUT2D eigenvalue weighted by Crippen LogP contribution is -2.21. The molecule has 0 unspecified atom stereocenters. The minimum atomic E-state index is -0.890. The summed E-state index contributed by atoms with van der Waals surface area (Å²) in [5.74, 6) is -0.657. The summed E-state index contributed by atoms with van der Waals surface area (Å²) < 4.78 is 5.50. The summed E-state index contributed by atoms with van der Waals surface area (Å²) in [7, 11) is 0. The molecule has 1 aromatic rings. The van der Waals surface area contributed by atoms with Crippen LogP contribution in [0.2, 0.25) is 0 Å². The number of benzene rings is 1. The van der Waals surface area contributed by atoms with Crippen molar-refractivity contribution in [3.63, 3.8) is 0 Å². The number of carbonyl (C=O) groups is 1. The zero-order chi connectivity index (χ0) is 20.4. The van der Waals surface area contributed by atoms with E-state index in [4.69, 9.17) is 9.84 Å². The van der Waals surface area contributed by atoms with E-state index in [2.05, 4.69) is 0 Å². The molecule has 1 fully saturated rings. The fraction of sp³-hybridized carbons (Fsp3) is 0.409. The van der Waals surface area contributed by atoms with Gasteiger partial charge in [-0.2, -0.15) is 0 Å². The van der Waals surface area contributed by atoms with E-state index >= 15 is 0 Å². The highest BCUT2D eigenvalue weighted by Crippen LogP contribution is 2.36. The highest BCUT2D eigenvalue weighted by Gasteiger charge is 2.39. The third-order valence-electron chi connectivity index (χ3n) is 4.72. The number of aliphatic carboxylic acids is 1. The molecule has 5 atom stereocenters. The van der Waals surface area contributed by atoms with Crippen molar-refractivity contribution in [2.75, 3.05) is 6.61 Å². The molecular formula is C22H28O6. The number of aliphatic hydroxyl groups is 3. The van der Waals surface area contributed by atoms with Crippen molar-refractivity contribution in [1.82, 2.24) is 0 Å². The fourth-order valence-electron chi connectivity index (χ4n) is 3.28. The minimum absolute atomic E-state index is 0.0383. The monoisotopic (exact) mass is 388 g/mol. The zero-order valence-electron chi connectivity index (χ0n) is 15.7. The molecule has 1 aliphatic carbocycles. The number of hydrogen-bond donors (Lipinski definition) is 4. The first-order valence-electron chi connectivity index (χ1n) is 9.41. The molecule has 4 N–H and O–H groups in total. The largest absolute Gasteiger partial charge is 0.491 e.